The highest BCUT2D eigenvalue weighted by Gasteiger charge is 2.22. The molecule has 26 heavy (non-hydrogen) atoms. The zero-order chi connectivity index (χ0) is 18.8. The Morgan fingerprint density at radius 1 is 1.27 bits per heavy atom. The Labute approximate surface area is 150 Å². The van der Waals surface area contributed by atoms with Crippen molar-refractivity contribution in [1.82, 2.24) is 0 Å². The lowest BCUT2D eigenvalue weighted by Crippen LogP contribution is -2.07. The molecule has 1 aliphatic carbocycles. The van der Waals surface area contributed by atoms with Crippen LogP contribution >= 0.6 is 0 Å². The second-order valence-electron chi connectivity index (χ2n) is 5.77. The third-order valence-corrected chi connectivity index (χ3v) is 4.11. The Bertz CT molecular complexity index is 1120. The lowest BCUT2D eigenvalue weighted by atomic mass is 9.89. The summed E-state index contributed by atoms with van der Waals surface area (Å²) in [5.74, 6) is -0.545. The number of fused-ring (bicyclic) bond motifs is 2. The van der Waals surface area contributed by atoms with Gasteiger partial charge in [0.2, 0.25) is 0 Å². The maximum absolute atomic E-state index is 11.8. The first-order valence-electron chi connectivity index (χ1n) is 8.00. The van der Waals surface area contributed by atoms with Crippen LogP contribution in [0.15, 0.2) is 71.2 Å². The predicted octanol–water partition coefficient (Wildman–Crippen LogP) is 4.20. The number of nitrogen functional groups attached to an aromatic ring is 1. The molecule has 0 saturated carbocycles. The number of nitrogens with one attached hydrogen (secondary N) is 1. The van der Waals surface area contributed by atoms with Crippen molar-refractivity contribution in [1.29, 1.82) is 5.41 Å². The number of allylic oxidation sites excluding steroid dienone is 3. The molecule has 1 heterocycles. The Balaban J connectivity index is 2.53. The van der Waals surface area contributed by atoms with E-state index in [1.807, 2.05) is 6.07 Å². The van der Waals surface area contributed by atoms with Gasteiger partial charge in [0.15, 0.2) is 0 Å². The summed E-state index contributed by atoms with van der Waals surface area (Å²) >= 11 is 0. The average molecular weight is 346 g/mol. The highest BCUT2D eigenvalue weighted by atomic mass is 16.4. The van der Waals surface area contributed by atoms with Crippen molar-refractivity contribution in [3.63, 3.8) is 0 Å². The monoisotopic (exact) mass is 346 g/mol. The molecule has 4 N–H and O–H groups in total. The maximum atomic E-state index is 11.8. The Kier molecular flexibility index (Phi) is 4.45. The highest BCUT2D eigenvalue weighted by molar-refractivity contribution is 6.12. The van der Waals surface area contributed by atoms with Crippen molar-refractivity contribution in [2.45, 2.75) is 6.92 Å². The molecule has 130 valence electrons. The molecule has 3 rings (SSSR count). The summed E-state index contributed by atoms with van der Waals surface area (Å²) in [5.41, 5.74) is 9.04. The lowest BCUT2D eigenvalue weighted by molar-refractivity contribution is -0.132. The van der Waals surface area contributed by atoms with Crippen LogP contribution in [0, 0.1) is 5.41 Å². The van der Waals surface area contributed by atoms with Crippen LogP contribution < -0.4 is 11.1 Å². The third-order valence-electron chi connectivity index (χ3n) is 4.11. The van der Waals surface area contributed by atoms with Crippen molar-refractivity contribution in [3.8, 4) is 11.3 Å². The smallest absolute Gasteiger partial charge is 0.335 e. The van der Waals surface area contributed by atoms with E-state index >= 15 is 0 Å². The van der Waals surface area contributed by atoms with E-state index in [9.17, 15) is 9.90 Å². The van der Waals surface area contributed by atoms with Gasteiger partial charge in [-0.2, -0.15) is 0 Å². The second-order valence-corrected chi connectivity index (χ2v) is 5.77. The minimum absolute atomic E-state index is 0.158. The molecule has 0 aromatic heterocycles. The number of carboxylic acid groups (broad SMARTS) is 1. The molecule has 2 aliphatic rings. The lowest BCUT2D eigenvalue weighted by Gasteiger charge is -2.18. The van der Waals surface area contributed by atoms with E-state index in [1.165, 1.54) is 0 Å². The normalized spacial score (nSPS) is 12.5. The SMILES string of the molecule is C=C/C=C(\C(=C/C)C(=O)O)c1c2ccc(=N)cc-2oc2cc(N)ccc12. The van der Waals surface area contributed by atoms with Crippen LogP contribution in [0.1, 0.15) is 12.5 Å². The predicted molar refractivity (Wildman–Crippen MR) is 103 cm³/mol. The Morgan fingerprint density at radius 2 is 2.04 bits per heavy atom. The summed E-state index contributed by atoms with van der Waals surface area (Å²) in [6, 6.07) is 10.3. The number of hydrogen-bond acceptors (Lipinski definition) is 4. The molecule has 1 aliphatic heterocycles. The molecule has 0 atom stereocenters. The van der Waals surface area contributed by atoms with E-state index in [-0.39, 0.29) is 5.57 Å². The number of aliphatic carboxylic acids is 1. The summed E-state index contributed by atoms with van der Waals surface area (Å²) in [7, 11) is 0. The van der Waals surface area contributed by atoms with Crippen molar-refractivity contribution >= 4 is 28.2 Å². The molecule has 1 aromatic rings. The minimum atomic E-state index is -1.03. The van der Waals surface area contributed by atoms with Gasteiger partial charge < -0.3 is 20.7 Å². The van der Waals surface area contributed by atoms with Crippen LogP contribution in [-0.2, 0) is 4.79 Å². The molecule has 0 bridgehead atoms. The fourth-order valence-electron chi connectivity index (χ4n) is 3.02. The van der Waals surface area contributed by atoms with Gasteiger partial charge in [0.1, 0.15) is 11.3 Å². The van der Waals surface area contributed by atoms with E-state index in [2.05, 4.69) is 6.58 Å². The Hall–Kier alpha value is -3.60. The van der Waals surface area contributed by atoms with Crippen LogP contribution in [-0.4, -0.2) is 11.1 Å². The number of benzene rings is 2. The second kappa shape index (κ2) is 6.72. The van der Waals surface area contributed by atoms with Gasteiger partial charge in [-0.15, -0.1) is 0 Å². The number of rotatable bonds is 4. The molecule has 0 spiro atoms. The van der Waals surface area contributed by atoms with Gasteiger partial charge in [-0.05, 0) is 36.8 Å². The zero-order valence-electron chi connectivity index (χ0n) is 14.2. The van der Waals surface area contributed by atoms with E-state index in [0.717, 1.165) is 5.39 Å². The fourth-order valence-corrected chi connectivity index (χ4v) is 3.02. The van der Waals surface area contributed by atoms with Crippen molar-refractivity contribution in [2.75, 3.05) is 5.73 Å². The van der Waals surface area contributed by atoms with Gasteiger partial charge in [0.25, 0.3) is 0 Å². The third kappa shape index (κ3) is 2.91. The largest absolute Gasteiger partial charge is 0.478 e. The first-order chi connectivity index (χ1) is 12.5. The summed E-state index contributed by atoms with van der Waals surface area (Å²) in [4.78, 5) is 11.8. The molecule has 0 saturated heterocycles. The molecule has 0 fully saturated rings. The summed E-state index contributed by atoms with van der Waals surface area (Å²) in [6.45, 7) is 5.40. The standard InChI is InChI=1S/C21H18N2O3/c1-3-5-15(14(4-2)21(24)25)20-16-8-6-12(22)10-18(16)26-19-11-13(23)7-9-17(19)20/h3-11,22H,1,23H2,2H3,(H,24,25)/b14-4+,15-5+,22-12?. The van der Waals surface area contributed by atoms with Gasteiger partial charge in [0, 0.05) is 34.3 Å². The number of nitrogens with two attached hydrogens (primary N) is 1. The van der Waals surface area contributed by atoms with Crippen LogP contribution in [0.4, 0.5) is 5.69 Å². The number of carbonyl (C=O) groups is 1. The van der Waals surface area contributed by atoms with Crippen molar-refractivity contribution < 1.29 is 14.3 Å². The molecular weight excluding hydrogens is 328 g/mol. The molecule has 0 radical (unpaired) electrons. The average Bonchev–Trinajstić information content (AvgIpc) is 2.59. The van der Waals surface area contributed by atoms with E-state index < -0.39 is 5.97 Å². The summed E-state index contributed by atoms with van der Waals surface area (Å²) in [6.07, 6.45) is 4.78. The van der Waals surface area contributed by atoms with Gasteiger partial charge in [-0.1, -0.05) is 24.8 Å². The van der Waals surface area contributed by atoms with Crippen molar-refractivity contribution in [2.24, 2.45) is 0 Å². The van der Waals surface area contributed by atoms with Crippen LogP contribution in [0.3, 0.4) is 0 Å². The van der Waals surface area contributed by atoms with Gasteiger partial charge in [-0.3, -0.25) is 0 Å². The molecular formula is C21H18N2O3. The van der Waals surface area contributed by atoms with Crippen LogP contribution in [0.2, 0.25) is 0 Å². The van der Waals surface area contributed by atoms with Crippen LogP contribution in [0.5, 0.6) is 0 Å². The molecule has 0 amide bonds. The fraction of sp³-hybridized carbons (Fsp3) is 0.0476. The zero-order valence-corrected chi connectivity index (χ0v) is 14.2. The highest BCUT2D eigenvalue weighted by Crippen LogP contribution is 2.40. The molecule has 0 unspecified atom stereocenters. The summed E-state index contributed by atoms with van der Waals surface area (Å²) in [5, 5.41) is 18.5. The Morgan fingerprint density at radius 3 is 2.69 bits per heavy atom. The first-order valence-corrected chi connectivity index (χ1v) is 8.00. The first kappa shape index (κ1) is 17.2. The topological polar surface area (TPSA) is 100 Å². The van der Waals surface area contributed by atoms with Gasteiger partial charge in [-0.25, -0.2) is 4.79 Å². The maximum Gasteiger partial charge on any atom is 0.335 e. The van der Waals surface area contributed by atoms with E-state index in [0.29, 0.717) is 39.1 Å². The van der Waals surface area contributed by atoms with Crippen molar-refractivity contribution in [3.05, 3.63) is 77.7 Å². The number of carboxylic acids is 1. The van der Waals surface area contributed by atoms with Gasteiger partial charge >= 0.3 is 5.97 Å². The van der Waals surface area contributed by atoms with Gasteiger partial charge in [0.05, 0.1) is 10.9 Å². The summed E-state index contributed by atoms with van der Waals surface area (Å²) < 4.78 is 5.93. The molecule has 5 nitrogen and oxygen atoms in total. The minimum Gasteiger partial charge on any atom is -0.478 e. The van der Waals surface area contributed by atoms with Crippen LogP contribution in [0.25, 0.3) is 27.9 Å². The quantitative estimate of drug-likeness (QED) is 0.285. The number of hydrogen-bond donors (Lipinski definition) is 3. The van der Waals surface area contributed by atoms with E-state index in [4.69, 9.17) is 15.6 Å². The van der Waals surface area contributed by atoms with E-state index in [1.54, 1.807) is 55.5 Å². The molecule has 5 heteroatoms. The number of anilines is 1. The molecule has 1 aromatic carbocycles.